The van der Waals surface area contributed by atoms with E-state index in [9.17, 15) is 5.11 Å². The van der Waals surface area contributed by atoms with Gasteiger partial charge in [0, 0.05) is 12.1 Å². The van der Waals surface area contributed by atoms with Crippen molar-refractivity contribution in [2.24, 2.45) is 0 Å². The Labute approximate surface area is 74.0 Å². The first-order valence-corrected chi connectivity index (χ1v) is 4.60. The smallest absolute Gasteiger partial charge is 0.0664 e. The lowest BCUT2D eigenvalue weighted by Crippen LogP contribution is -2.51. The third-order valence-electron chi connectivity index (χ3n) is 3.00. The van der Waals surface area contributed by atoms with Gasteiger partial charge in [-0.2, -0.15) is 0 Å². The van der Waals surface area contributed by atoms with E-state index >= 15 is 0 Å². The molecule has 0 bridgehead atoms. The molecule has 0 aromatic carbocycles. The molecule has 0 aromatic heterocycles. The predicted octanol–water partition coefficient (Wildman–Crippen LogP) is 0.211. The second-order valence-electron chi connectivity index (χ2n) is 3.93. The van der Waals surface area contributed by atoms with Gasteiger partial charge in [0.1, 0.15) is 0 Å². The van der Waals surface area contributed by atoms with Gasteiger partial charge in [-0.15, -0.1) is 0 Å². The molecular formula is C9H19NO2. The molecule has 3 nitrogen and oxygen atoms in total. The Kier molecular flexibility index (Phi) is 3.09. The zero-order valence-corrected chi connectivity index (χ0v) is 8.07. The van der Waals surface area contributed by atoms with Crippen LogP contribution in [0.3, 0.4) is 0 Å². The van der Waals surface area contributed by atoms with E-state index in [1.807, 2.05) is 14.0 Å². The maximum Gasteiger partial charge on any atom is 0.0664 e. The number of nitrogens with zero attached hydrogens (tertiary/aromatic N) is 1. The van der Waals surface area contributed by atoms with Crippen molar-refractivity contribution in [3.63, 3.8) is 0 Å². The molecule has 1 aliphatic carbocycles. The Morgan fingerprint density at radius 2 is 1.83 bits per heavy atom. The molecule has 2 atom stereocenters. The molecule has 0 aromatic rings. The molecule has 3 heteroatoms. The van der Waals surface area contributed by atoms with Crippen LogP contribution in [-0.2, 0) is 0 Å². The maximum atomic E-state index is 9.32. The Bertz CT molecular complexity index is 143. The molecule has 2 unspecified atom stereocenters. The van der Waals surface area contributed by atoms with Crippen LogP contribution in [0.2, 0.25) is 0 Å². The standard InChI is InChI=1S/C9H19NO2/c1-6(7(2)11)10(3)8-4-9(12)5-8/h6-9,11-12H,4-5H2,1-3H3. The summed E-state index contributed by atoms with van der Waals surface area (Å²) in [5.74, 6) is 0. The van der Waals surface area contributed by atoms with Gasteiger partial charge in [-0.25, -0.2) is 0 Å². The van der Waals surface area contributed by atoms with E-state index in [0.717, 1.165) is 12.8 Å². The minimum absolute atomic E-state index is 0.112. The van der Waals surface area contributed by atoms with E-state index in [-0.39, 0.29) is 18.2 Å². The van der Waals surface area contributed by atoms with Crippen LogP contribution in [0.5, 0.6) is 0 Å². The molecule has 1 fully saturated rings. The largest absolute Gasteiger partial charge is 0.393 e. The van der Waals surface area contributed by atoms with Crippen LogP contribution in [-0.4, -0.2) is 46.5 Å². The van der Waals surface area contributed by atoms with Crippen molar-refractivity contribution in [1.29, 1.82) is 0 Å². The average molecular weight is 173 g/mol. The second kappa shape index (κ2) is 3.73. The fourth-order valence-corrected chi connectivity index (χ4v) is 1.56. The third-order valence-corrected chi connectivity index (χ3v) is 3.00. The normalized spacial score (nSPS) is 34.5. The minimum atomic E-state index is -0.298. The second-order valence-corrected chi connectivity index (χ2v) is 3.93. The van der Waals surface area contributed by atoms with Gasteiger partial charge in [0.15, 0.2) is 0 Å². The van der Waals surface area contributed by atoms with Crippen LogP contribution < -0.4 is 0 Å². The first kappa shape index (κ1) is 9.96. The summed E-state index contributed by atoms with van der Waals surface area (Å²) in [6.07, 6.45) is 1.30. The molecule has 2 N–H and O–H groups in total. The van der Waals surface area contributed by atoms with Crippen molar-refractivity contribution in [1.82, 2.24) is 4.90 Å². The first-order chi connectivity index (χ1) is 5.52. The van der Waals surface area contributed by atoms with Gasteiger partial charge >= 0.3 is 0 Å². The summed E-state index contributed by atoms with van der Waals surface area (Å²) in [6.45, 7) is 3.81. The molecule has 72 valence electrons. The number of hydrogen-bond acceptors (Lipinski definition) is 3. The van der Waals surface area contributed by atoms with Gasteiger partial charge in [-0.1, -0.05) is 0 Å². The van der Waals surface area contributed by atoms with E-state index in [0.29, 0.717) is 6.04 Å². The highest BCUT2D eigenvalue weighted by molar-refractivity contribution is 4.88. The number of rotatable bonds is 3. The summed E-state index contributed by atoms with van der Waals surface area (Å²) < 4.78 is 0. The van der Waals surface area contributed by atoms with E-state index in [1.54, 1.807) is 6.92 Å². The molecule has 0 saturated heterocycles. The topological polar surface area (TPSA) is 43.7 Å². The van der Waals surface area contributed by atoms with Crippen LogP contribution in [0.1, 0.15) is 26.7 Å². The Hall–Kier alpha value is -0.120. The molecule has 0 amide bonds. The van der Waals surface area contributed by atoms with Crippen LogP contribution >= 0.6 is 0 Å². The monoisotopic (exact) mass is 173 g/mol. The lowest BCUT2D eigenvalue weighted by Gasteiger charge is -2.42. The van der Waals surface area contributed by atoms with E-state index in [1.165, 1.54) is 0 Å². The highest BCUT2D eigenvalue weighted by Gasteiger charge is 2.33. The maximum absolute atomic E-state index is 9.32. The van der Waals surface area contributed by atoms with Gasteiger partial charge in [0.05, 0.1) is 12.2 Å². The molecule has 0 spiro atoms. The molecule has 0 radical (unpaired) electrons. The van der Waals surface area contributed by atoms with E-state index < -0.39 is 0 Å². The van der Waals surface area contributed by atoms with Crippen molar-refractivity contribution in [3.8, 4) is 0 Å². The van der Waals surface area contributed by atoms with Crippen molar-refractivity contribution in [3.05, 3.63) is 0 Å². The number of likely N-dealkylation sites (N-methyl/N-ethyl adjacent to an activating group) is 1. The molecule has 0 heterocycles. The van der Waals surface area contributed by atoms with Crippen LogP contribution in [0.4, 0.5) is 0 Å². The lowest BCUT2D eigenvalue weighted by atomic mass is 9.87. The summed E-state index contributed by atoms with van der Waals surface area (Å²) in [5.41, 5.74) is 0. The summed E-state index contributed by atoms with van der Waals surface area (Å²) in [4.78, 5) is 2.15. The fourth-order valence-electron chi connectivity index (χ4n) is 1.56. The fraction of sp³-hybridized carbons (Fsp3) is 1.00. The van der Waals surface area contributed by atoms with E-state index in [4.69, 9.17) is 5.11 Å². The molecule has 0 aliphatic heterocycles. The van der Waals surface area contributed by atoms with Crippen molar-refractivity contribution < 1.29 is 10.2 Å². The van der Waals surface area contributed by atoms with Crippen LogP contribution in [0.15, 0.2) is 0 Å². The highest BCUT2D eigenvalue weighted by atomic mass is 16.3. The Morgan fingerprint density at radius 3 is 2.17 bits per heavy atom. The van der Waals surface area contributed by atoms with Crippen molar-refractivity contribution >= 4 is 0 Å². The first-order valence-electron chi connectivity index (χ1n) is 4.60. The van der Waals surface area contributed by atoms with Gasteiger partial charge < -0.3 is 10.2 Å². The number of aliphatic hydroxyl groups excluding tert-OH is 2. The summed E-state index contributed by atoms with van der Waals surface area (Å²) >= 11 is 0. The molecular weight excluding hydrogens is 154 g/mol. The zero-order chi connectivity index (χ0) is 9.30. The van der Waals surface area contributed by atoms with Gasteiger partial charge in [-0.05, 0) is 33.7 Å². The molecule has 1 aliphatic rings. The summed E-state index contributed by atoms with van der Waals surface area (Å²) in [7, 11) is 2.01. The lowest BCUT2D eigenvalue weighted by molar-refractivity contribution is -0.0258. The summed E-state index contributed by atoms with van der Waals surface area (Å²) in [5, 5.41) is 18.4. The quantitative estimate of drug-likeness (QED) is 0.641. The summed E-state index contributed by atoms with van der Waals surface area (Å²) in [6, 6.07) is 0.645. The number of hydrogen-bond donors (Lipinski definition) is 2. The predicted molar refractivity (Wildman–Crippen MR) is 47.9 cm³/mol. The van der Waals surface area contributed by atoms with Crippen molar-refractivity contribution in [2.75, 3.05) is 7.05 Å². The van der Waals surface area contributed by atoms with Crippen LogP contribution in [0, 0.1) is 0 Å². The highest BCUT2D eigenvalue weighted by Crippen LogP contribution is 2.26. The SMILES string of the molecule is CC(O)C(C)N(C)C1CC(O)C1. The Balaban J connectivity index is 2.32. The zero-order valence-electron chi connectivity index (χ0n) is 8.07. The van der Waals surface area contributed by atoms with Crippen molar-refractivity contribution in [2.45, 2.75) is 51.0 Å². The minimum Gasteiger partial charge on any atom is -0.393 e. The Morgan fingerprint density at radius 1 is 1.33 bits per heavy atom. The average Bonchev–Trinajstić information content (AvgIpc) is 1.95. The third kappa shape index (κ3) is 1.97. The van der Waals surface area contributed by atoms with Crippen LogP contribution in [0.25, 0.3) is 0 Å². The van der Waals surface area contributed by atoms with E-state index in [2.05, 4.69) is 4.90 Å². The molecule has 1 saturated carbocycles. The van der Waals surface area contributed by atoms with Gasteiger partial charge in [0.2, 0.25) is 0 Å². The van der Waals surface area contributed by atoms with Gasteiger partial charge in [0.25, 0.3) is 0 Å². The van der Waals surface area contributed by atoms with Gasteiger partial charge in [-0.3, -0.25) is 4.90 Å². The molecule has 12 heavy (non-hydrogen) atoms. The molecule has 1 rings (SSSR count). The number of aliphatic hydroxyl groups is 2.